The summed E-state index contributed by atoms with van der Waals surface area (Å²) < 4.78 is 25.4. The Kier molecular flexibility index (Phi) is 4.74. The van der Waals surface area contributed by atoms with Gasteiger partial charge in [0, 0.05) is 18.8 Å². The number of hydrogen-bond acceptors (Lipinski definition) is 4. The molecule has 1 amide bonds. The van der Waals surface area contributed by atoms with E-state index in [1.165, 1.54) is 34.9 Å². The van der Waals surface area contributed by atoms with Crippen molar-refractivity contribution in [3.05, 3.63) is 58.3 Å². The van der Waals surface area contributed by atoms with E-state index in [2.05, 4.69) is 0 Å². The van der Waals surface area contributed by atoms with Crippen LogP contribution >= 0.6 is 0 Å². The molecule has 2 heterocycles. The van der Waals surface area contributed by atoms with Gasteiger partial charge in [0.25, 0.3) is 11.5 Å². The number of rotatable bonds is 5. The van der Waals surface area contributed by atoms with Gasteiger partial charge in [-0.05, 0) is 37.3 Å². The number of amides is 1. The van der Waals surface area contributed by atoms with Crippen LogP contribution in [0.5, 0.6) is 11.5 Å². The molecule has 0 atom stereocenters. The van der Waals surface area contributed by atoms with Crippen molar-refractivity contribution < 1.29 is 18.7 Å². The van der Waals surface area contributed by atoms with Gasteiger partial charge in [-0.3, -0.25) is 9.59 Å². The Morgan fingerprint density at radius 2 is 1.88 bits per heavy atom. The van der Waals surface area contributed by atoms with Crippen LogP contribution in [-0.4, -0.2) is 41.2 Å². The molecular formula is C18H19FN2O4. The molecule has 0 unspecified atom stereocenters. The normalized spacial score (nSPS) is 14.1. The van der Waals surface area contributed by atoms with Crippen LogP contribution in [0.15, 0.2) is 41.2 Å². The van der Waals surface area contributed by atoms with Gasteiger partial charge in [0.2, 0.25) is 0 Å². The Labute approximate surface area is 144 Å². The summed E-state index contributed by atoms with van der Waals surface area (Å²) in [4.78, 5) is 25.4. The highest BCUT2D eigenvalue weighted by molar-refractivity contribution is 5.78. The average molecular weight is 346 g/mol. The molecule has 0 saturated carbocycles. The van der Waals surface area contributed by atoms with Crippen LogP contribution in [0.2, 0.25) is 0 Å². The number of nitrogens with zero attached hydrogens (tertiary/aromatic N) is 2. The molecule has 6 nitrogen and oxygen atoms in total. The van der Waals surface area contributed by atoms with Gasteiger partial charge in [0.1, 0.15) is 23.4 Å². The fraction of sp³-hybridized carbons (Fsp3) is 0.333. The molecule has 0 N–H and O–H groups in total. The van der Waals surface area contributed by atoms with Crippen LogP contribution in [0.25, 0.3) is 0 Å². The van der Waals surface area contributed by atoms with E-state index < -0.39 is 0 Å². The molecule has 132 valence electrons. The number of carbonyl (C=O) groups is 1. The summed E-state index contributed by atoms with van der Waals surface area (Å²) in [5.74, 6) is 0.440. The second-order valence-electron chi connectivity index (χ2n) is 6.01. The van der Waals surface area contributed by atoms with E-state index in [-0.39, 0.29) is 30.0 Å². The third-order valence-electron chi connectivity index (χ3n) is 4.16. The average Bonchev–Trinajstić information content (AvgIpc) is 2.54. The van der Waals surface area contributed by atoms with Gasteiger partial charge in [-0.1, -0.05) is 0 Å². The van der Waals surface area contributed by atoms with Crippen molar-refractivity contribution in [2.75, 3.05) is 19.7 Å². The topological polar surface area (TPSA) is 60.8 Å². The molecule has 1 aliphatic rings. The largest absolute Gasteiger partial charge is 0.486 e. The molecule has 25 heavy (non-hydrogen) atoms. The molecule has 0 spiro atoms. The minimum atomic E-state index is -0.354. The number of pyridine rings is 1. The monoisotopic (exact) mass is 346 g/mol. The minimum Gasteiger partial charge on any atom is -0.486 e. The Morgan fingerprint density at radius 3 is 2.52 bits per heavy atom. The highest BCUT2D eigenvalue weighted by Gasteiger charge is 2.32. The van der Waals surface area contributed by atoms with Gasteiger partial charge in [-0.2, -0.15) is 0 Å². The van der Waals surface area contributed by atoms with Gasteiger partial charge < -0.3 is 18.9 Å². The Morgan fingerprint density at radius 1 is 1.20 bits per heavy atom. The lowest BCUT2D eigenvalue weighted by Gasteiger charge is -2.38. The molecule has 1 aliphatic heterocycles. The fourth-order valence-electron chi connectivity index (χ4n) is 2.48. The number of aryl methyl sites for hydroxylation is 1. The van der Waals surface area contributed by atoms with Crippen LogP contribution < -0.4 is 15.0 Å². The van der Waals surface area contributed by atoms with E-state index in [1.807, 2.05) is 6.92 Å². The lowest BCUT2D eigenvalue weighted by Crippen LogP contribution is -2.57. The summed E-state index contributed by atoms with van der Waals surface area (Å²) in [7, 11) is 1.70. The van der Waals surface area contributed by atoms with Gasteiger partial charge in [-0.25, -0.2) is 4.39 Å². The molecule has 1 saturated heterocycles. The van der Waals surface area contributed by atoms with E-state index in [0.29, 0.717) is 24.6 Å². The lowest BCUT2D eigenvalue weighted by molar-refractivity contribution is -0.142. The zero-order valence-electron chi connectivity index (χ0n) is 14.1. The van der Waals surface area contributed by atoms with Crippen molar-refractivity contribution in [1.29, 1.82) is 0 Å². The second kappa shape index (κ2) is 6.96. The van der Waals surface area contributed by atoms with Crippen LogP contribution in [-0.2, 0) is 11.8 Å². The first-order valence-electron chi connectivity index (χ1n) is 7.93. The third kappa shape index (κ3) is 3.99. The Balaban J connectivity index is 1.46. The van der Waals surface area contributed by atoms with Gasteiger partial charge in [-0.15, -0.1) is 0 Å². The van der Waals surface area contributed by atoms with E-state index in [1.54, 1.807) is 18.0 Å². The van der Waals surface area contributed by atoms with Crippen molar-refractivity contribution in [2.45, 2.75) is 13.0 Å². The van der Waals surface area contributed by atoms with E-state index in [9.17, 15) is 14.0 Å². The first-order valence-corrected chi connectivity index (χ1v) is 7.93. The highest BCUT2D eigenvalue weighted by atomic mass is 19.1. The quantitative estimate of drug-likeness (QED) is 0.823. The maximum atomic E-state index is 12.8. The van der Waals surface area contributed by atoms with E-state index in [4.69, 9.17) is 9.47 Å². The molecule has 7 heteroatoms. The first-order chi connectivity index (χ1) is 11.9. The lowest BCUT2D eigenvalue weighted by atomic mass is 10.1. The standard InChI is InChI=1S/C18H19FN2O4/c1-12-7-15(8-17(22)20(12)2)25-16-9-21(10-16)18(23)11-24-14-5-3-13(19)4-6-14/h3-8,16H,9-11H2,1-2H3. The summed E-state index contributed by atoms with van der Waals surface area (Å²) in [5.41, 5.74) is 0.678. The van der Waals surface area contributed by atoms with Crippen LogP contribution in [0.3, 0.4) is 0 Å². The van der Waals surface area contributed by atoms with Gasteiger partial charge in [0.05, 0.1) is 13.1 Å². The number of halogens is 1. The number of carbonyl (C=O) groups excluding carboxylic acids is 1. The molecule has 2 aromatic rings. The minimum absolute atomic E-state index is 0.108. The summed E-state index contributed by atoms with van der Waals surface area (Å²) in [6.45, 7) is 2.61. The molecule has 1 fully saturated rings. The molecule has 3 rings (SSSR count). The third-order valence-corrected chi connectivity index (χ3v) is 4.16. The maximum absolute atomic E-state index is 12.8. The summed E-state index contributed by atoms with van der Waals surface area (Å²) in [6, 6.07) is 8.74. The number of ether oxygens (including phenoxy) is 2. The molecule has 1 aromatic carbocycles. The smallest absolute Gasteiger partial charge is 0.260 e. The molecule has 0 bridgehead atoms. The fourth-order valence-corrected chi connectivity index (χ4v) is 2.48. The van der Waals surface area contributed by atoms with Crippen LogP contribution in [0.1, 0.15) is 5.69 Å². The highest BCUT2D eigenvalue weighted by Crippen LogP contribution is 2.18. The molecular weight excluding hydrogens is 327 g/mol. The van der Waals surface area contributed by atoms with E-state index in [0.717, 1.165) is 5.69 Å². The zero-order chi connectivity index (χ0) is 18.0. The maximum Gasteiger partial charge on any atom is 0.260 e. The summed E-state index contributed by atoms with van der Waals surface area (Å²) in [5, 5.41) is 0. The van der Waals surface area contributed by atoms with Crippen molar-refractivity contribution in [3.63, 3.8) is 0 Å². The number of aromatic nitrogens is 1. The van der Waals surface area contributed by atoms with Crippen molar-refractivity contribution in [1.82, 2.24) is 9.47 Å². The van der Waals surface area contributed by atoms with Crippen molar-refractivity contribution in [2.24, 2.45) is 7.05 Å². The van der Waals surface area contributed by atoms with Crippen LogP contribution in [0.4, 0.5) is 4.39 Å². The van der Waals surface area contributed by atoms with E-state index >= 15 is 0 Å². The van der Waals surface area contributed by atoms with Gasteiger partial charge >= 0.3 is 0 Å². The van der Waals surface area contributed by atoms with Crippen LogP contribution in [0, 0.1) is 12.7 Å². The summed E-state index contributed by atoms with van der Waals surface area (Å²) in [6.07, 6.45) is -0.138. The predicted molar refractivity (Wildman–Crippen MR) is 89.3 cm³/mol. The van der Waals surface area contributed by atoms with Crippen molar-refractivity contribution >= 4 is 5.91 Å². The number of benzene rings is 1. The predicted octanol–water partition coefficient (Wildman–Crippen LogP) is 1.50. The molecule has 0 aliphatic carbocycles. The second-order valence-corrected chi connectivity index (χ2v) is 6.01. The summed E-state index contributed by atoms with van der Waals surface area (Å²) >= 11 is 0. The van der Waals surface area contributed by atoms with Gasteiger partial charge in [0.15, 0.2) is 6.61 Å². The number of likely N-dealkylation sites (tertiary alicyclic amines) is 1. The Hall–Kier alpha value is -2.83. The SMILES string of the molecule is Cc1cc(OC2CN(C(=O)COc3ccc(F)cc3)C2)cc(=O)n1C. The first kappa shape index (κ1) is 17.0. The number of hydrogen-bond donors (Lipinski definition) is 0. The molecule has 1 aromatic heterocycles. The molecule has 0 radical (unpaired) electrons. The zero-order valence-corrected chi connectivity index (χ0v) is 14.1. The van der Waals surface area contributed by atoms with Crippen molar-refractivity contribution in [3.8, 4) is 11.5 Å². The Bertz CT molecular complexity index is 826.